The molecule has 0 unspecified atom stereocenters. The highest BCUT2D eigenvalue weighted by molar-refractivity contribution is 5.90. The minimum Gasteiger partial charge on any atom is -0.447 e. The Hall–Kier alpha value is -2.35. The summed E-state index contributed by atoms with van der Waals surface area (Å²) in [4.78, 5) is 23.4. The normalized spacial score (nSPS) is 14.2. The largest absolute Gasteiger partial charge is 0.447 e. The van der Waals surface area contributed by atoms with Crippen LogP contribution in [0.2, 0.25) is 0 Å². The lowest BCUT2D eigenvalue weighted by Crippen LogP contribution is -2.23. The van der Waals surface area contributed by atoms with Crippen molar-refractivity contribution >= 4 is 23.2 Å². The number of carbonyl (C=O) groups excluding carboxylic acids is 1. The number of amides is 1. The first-order valence-corrected chi connectivity index (χ1v) is 6.21. The molecule has 2 rings (SSSR count). The molecule has 1 aliphatic rings. The summed E-state index contributed by atoms with van der Waals surface area (Å²) < 4.78 is 4.80. The number of benzene rings is 1. The summed E-state index contributed by atoms with van der Waals surface area (Å²) in [6.07, 6.45) is -0.00236. The van der Waals surface area contributed by atoms with Crippen LogP contribution in [0.1, 0.15) is 6.42 Å². The Labute approximate surface area is 115 Å². The molecule has 1 aromatic rings. The summed E-state index contributed by atoms with van der Waals surface area (Å²) in [5.74, 6) is 0. The SMILES string of the molecule is O=C1OCCN1c1ccc(NCCCO)c([N+](=O)[O-])c1. The molecule has 0 saturated carbocycles. The number of nitro groups is 1. The zero-order valence-corrected chi connectivity index (χ0v) is 10.7. The Balaban J connectivity index is 2.23. The summed E-state index contributed by atoms with van der Waals surface area (Å²) in [5.41, 5.74) is 0.687. The van der Waals surface area contributed by atoms with Crippen LogP contribution >= 0.6 is 0 Å². The monoisotopic (exact) mass is 281 g/mol. The lowest BCUT2D eigenvalue weighted by atomic mass is 10.2. The number of nitro benzene ring substituents is 1. The molecule has 0 radical (unpaired) electrons. The van der Waals surface area contributed by atoms with Gasteiger partial charge < -0.3 is 15.2 Å². The van der Waals surface area contributed by atoms with Crippen LogP contribution in [-0.4, -0.2) is 42.4 Å². The van der Waals surface area contributed by atoms with Crippen molar-refractivity contribution in [3.8, 4) is 0 Å². The first kappa shape index (κ1) is 14.1. The van der Waals surface area contributed by atoms with Gasteiger partial charge in [-0.25, -0.2) is 4.79 Å². The third-order valence-electron chi connectivity index (χ3n) is 2.90. The molecule has 0 aliphatic carbocycles. The van der Waals surface area contributed by atoms with Gasteiger partial charge in [0.2, 0.25) is 0 Å². The molecule has 0 atom stereocenters. The number of nitrogens with one attached hydrogen (secondary N) is 1. The van der Waals surface area contributed by atoms with Gasteiger partial charge in [0, 0.05) is 19.2 Å². The Bertz CT molecular complexity index is 520. The van der Waals surface area contributed by atoms with Gasteiger partial charge in [-0.1, -0.05) is 0 Å². The van der Waals surface area contributed by atoms with Crippen molar-refractivity contribution in [1.82, 2.24) is 0 Å². The van der Waals surface area contributed by atoms with E-state index >= 15 is 0 Å². The molecule has 108 valence electrons. The molecule has 0 bridgehead atoms. The second-order valence-electron chi connectivity index (χ2n) is 4.23. The van der Waals surface area contributed by atoms with E-state index in [0.717, 1.165) is 0 Å². The van der Waals surface area contributed by atoms with Crippen molar-refractivity contribution < 1.29 is 19.6 Å². The third kappa shape index (κ3) is 2.97. The number of ether oxygens (including phenoxy) is 1. The van der Waals surface area contributed by atoms with Crippen LogP contribution in [0.5, 0.6) is 0 Å². The molecule has 8 heteroatoms. The first-order chi connectivity index (χ1) is 9.63. The highest BCUT2D eigenvalue weighted by Crippen LogP contribution is 2.30. The van der Waals surface area contributed by atoms with Crippen LogP contribution in [-0.2, 0) is 4.74 Å². The van der Waals surface area contributed by atoms with Gasteiger partial charge in [0.1, 0.15) is 12.3 Å². The molecule has 20 heavy (non-hydrogen) atoms. The molecule has 1 amide bonds. The molecule has 1 aromatic carbocycles. The van der Waals surface area contributed by atoms with Crippen LogP contribution < -0.4 is 10.2 Å². The van der Waals surface area contributed by atoms with Gasteiger partial charge in [0.15, 0.2) is 0 Å². The molecule has 1 aliphatic heterocycles. The molecule has 1 saturated heterocycles. The van der Waals surface area contributed by atoms with Crippen molar-refractivity contribution in [2.24, 2.45) is 0 Å². The van der Waals surface area contributed by atoms with E-state index in [-0.39, 0.29) is 18.9 Å². The van der Waals surface area contributed by atoms with E-state index in [1.807, 2.05) is 0 Å². The fourth-order valence-electron chi connectivity index (χ4n) is 1.92. The van der Waals surface area contributed by atoms with E-state index in [0.29, 0.717) is 30.9 Å². The average Bonchev–Trinajstić information content (AvgIpc) is 2.85. The summed E-state index contributed by atoms with van der Waals surface area (Å²) in [6, 6.07) is 4.52. The molecule has 1 fully saturated rings. The first-order valence-electron chi connectivity index (χ1n) is 6.21. The number of hydrogen-bond acceptors (Lipinski definition) is 6. The van der Waals surface area contributed by atoms with E-state index in [9.17, 15) is 14.9 Å². The van der Waals surface area contributed by atoms with E-state index < -0.39 is 11.0 Å². The predicted octanol–water partition coefficient (Wildman–Crippen LogP) is 1.35. The summed E-state index contributed by atoms with van der Waals surface area (Å²) in [7, 11) is 0. The van der Waals surface area contributed by atoms with E-state index in [2.05, 4.69) is 5.32 Å². The highest BCUT2D eigenvalue weighted by atomic mass is 16.6. The van der Waals surface area contributed by atoms with Crippen LogP contribution in [0.25, 0.3) is 0 Å². The predicted molar refractivity (Wildman–Crippen MR) is 72.0 cm³/mol. The molecular formula is C12H15N3O5. The van der Waals surface area contributed by atoms with Crippen molar-refractivity contribution in [2.75, 3.05) is 36.5 Å². The fourth-order valence-corrected chi connectivity index (χ4v) is 1.92. The van der Waals surface area contributed by atoms with Crippen molar-refractivity contribution in [2.45, 2.75) is 6.42 Å². The number of aliphatic hydroxyl groups is 1. The Morgan fingerprint density at radius 2 is 2.30 bits per heavy atom. The van der Waals surface area contributed by atoms with Crippen molar-refractivity contribution in [3.05, 3.63) is 28.3 Å². The molecule has 0 aromatic heterocycles. The molecule has 1 heterocycles. The smallest absolute Gasteiger partial charge is 0.414 e. The standard InChI is InChI=1S/C12H15N3O5/c16-6-1-4-13-10-3-2-9(8-11(10)15(18)19)14-5-7-20-12(14)17/h2-3,8,13,16H,1,4-7H2. The lowest BCUT2D eigenvalue weighted by Gasteiger charge is -2.14. The van der Waals surface area contributed by atoms with Crippen LogP contribution in [0.3, 0.4) is 0 Å². The molecule has 2 N–H and O–H groups in total. The minimum atomic E-state index is -0.508. The number of nitrogens with zero attached hydrogens (tertiary/aromatic N) is 2. The maximum atomic E-state index is 11.4. The number of rotatable bonds is 6. The zero-order valence-electron chi connectivity index (χ0n) is 10.7. The second kappa shape index (κ2) is 6.20. The van der Waals surface area contributed by atoms with E-state index in [1.54, 1.807) is 12.1 Å². The maximum Gasteiger partial charge on any atom is 0.414 e. The van der Waals surface area contributed by atoms with Gasteiger partial charge in [0.25, 0.3) is 5.69 Å². The Morgan fingerprint density at radius 1 is 1.50 bits per heavy atom. The number of aliphatic hydroxyl groups excluding tert-OH is 1. The number of carbonyl (C=O) groups is 1. The number of anilines is 2. The Morgan fingerprint density at radius 3 is 2.90 bits per heavy atom. The molecule has 0 spiro atoms. The van der Waals surface area contributed by atoms with Gasteiger partial charge in [-0.15, -0.1) is 0 Å². The lowest BCUT2D eigenvalue weighted by molar-refractivity contribution is -0.383. The second-order valence-corrected chi connectivity index (χ2v) is 4.23. The van der Waals surface area contributed by atoms with Crippen LogP contribution in [0.15, 0.2) is 18.2 Å². The number of cyclic esters (lactones) is 1. The zero-order chi connectivity index (χ0) is 14.5. The third-order valence-corrected chi connectivity index (χ3v) is 2.90. The average molecular weight is 281 g/mol. The van der Waals surface area contributed by atoms with Gasteiger partial charge in [-0.3, -0.25) is 15.0 Å². The highest BCUT2D eigenvalue weighted by Gasteiger charge is 2.26. The number of hydrogen-bond donors (Lipinski definition) is 2. The topological polar surface area (TPSA) is 105 Å². The minimum absolute atomic E-state index is 0.0124. The summed E-state index contributed by atoms with van der Waals surface area (Å²) in [6.45, 7) is 1.11. The van der Waals surface area contributed by atoms with Crippen molar-refractivity contribution in [3.63, 3.8) is 0 Å². The molecule has 8 nitrogen and oxygen atoms in total. The summed E-state index contributed by atoms with van der Waals surface area (Å²) >= 11 is 0. The maximum absolute atomic E-state index is 11.4. The van der Waals surface area contributed by atoms with Crippen molar-refractivity contribution in [1.29, 1.82) is 0 Å². The Kier molecular flexibility index (Phi) is 4.36. The van der Waals surface area contributed by atoms with E-state index in [1.165, 1.54) is 11.0 Å². The van der Waals surface area contributed by atoms with Crippen LogP contribution in [0, 0.1) is 10.1 Å². The molecular weight excluding hydrogens is 266 g/mol. The quantitative estimate of drug-likeness (QED) is 0.463. The van der Waals surface area contributed by atoms with Crippen LogP contribution in [0.4, 0.5) is 21.9 Å². The van der Waals surface area contributed by atoms with Gasteiger partial charge >= 0.3 is 6.09 Å². The van der Waals surface area contributed by atoms with Gasteiger partial charge in [0.05, 0.1) is 17.2 Å². The van der Waals surface area contributed by atoms with Gasteiger partial charge in [-0.2, -0.15) is 0 Å². The fraction of sp³-hybridized carbons (Fsp3) is 0.417. The van der Waals surface area contributed by atoms with Gasteiger partial charge in [-0.05, 0) is 18.6 Å². The summed E-state index contributed by atoms with van der Waals surface area (Å²) in [5, 5.41) is 22.7. The van der Waals surface area contributed by atoms with E-state index in [4.69, 9.17) is 9.84 Å².